The van der Waals surface area contributed by atoms with E-state index in [-0.39, 0.29) is 11.7 Å². The maximum Gasteiger partial charge on any atom is 0.243 e. The monoisotopic (exact) mass is 322 g/mol. The van der Waals surface area contributed by atoms with Crippen LogP contribution in [0.4, 0.5) is 14.5 Å². The average molecular weight is 322 g/mol. The molecule has 0 saturated heterocycles. The number of hydrogen-bond donors (Lipinski definition) is 2. The molecule has 0 radical (unpaired) electrons. The zero-order valence-electron chi connectivity index (χ0n) is 10.9. The van der Waals surface area contributed by atoms with Gasteiger partial charge in [-0.2, -0.15) is 11.8 Å². The predicted octanol–water partition coefficient (Wildman–Crippen LogP) is 2.11. The highest BCUT2D eigenvalue weighted by atomic mass is 32.2. The third kappa shape index (κ3) is 3.24. The molecule has 2 rings (SSSR count). The predicted molar refractivity (Wildman–Crippen MR) is 76.0 cm³/mol. The number of anilines is 1. The van der Waals surface area contributed by atoms with E-state index < -0.39 is 26.6 Å². The standard InChI is InChI=1S/C12H16F2N2O2S2/c1-19-8-3-2-7(4-8)16-20(17,18)12-6-11(15)9(13)5-10(12)14/h5-8,16H,2-4,15H2,1H3. The summed E-state index contributed by atoms with van der Waals surface area (Å²) in [6.45, 7) is 0. The van der Waals surface area contributed by atoms with Crippen molar-refractivity contribution in [2.75, 3.05) is 12.0 Å². The highest BCUT2D eigenvalue weighted by Crippen LogP contribution is 2.29. The summed E-state index contributed by atoms with van der Waals surface area (Å²) in [5.41, 5.74) is 4.91. The van der Waals surface area contributed by atoms with Crippen molar-refractivity contribution in [1.82, 2.24) is 4.72 Å². The van der Waals surface area contributed by atoms with Gasteiger partial charge in [0, 0.05) is 17.4 Å². The van der Waals surface area contributed by atoms with Crippen LogP contribution in [-0.4, -0.2) is 26.0 Å². The molecule has 1 aliphatic rings. The fourth-order valence-electron chi connectivity index (χ4n) is 2.29. The summed E-state index contributed by atoms with van der Waals surface area (Å²) in [5.74, 6) is -2.10. The lowest BCUT2D eigenvalue weighted by molar-refractivity contribution is 0.530. The van der Waals surface area contributed by atoms with Crippen LogP contribution >= 0.6 is 11.8 Å². The number of nitrogens with one attached hydrogen (secondary N) is 1. The molecular weight excluding hydrogens is 306 g/mol. The Balaban J connectivity index is 2.21. The van der Waals surface area contributed by atoms with Gasteiger partial charge in [-0.3, -0.25) is 0 Å². The van der Waals surface area contributed by atoms with Gasteiger partial charge in [0.05, 0.1) is 5.69 Å². The van der Waals surface area contributed by atoms with E-state index in [4.69, 9.17) is 5.73 Å². The van der Waals surface area contributed by atoms with Crippen molar-refractivity contribution in [3.05, 3.63) is 23.8 Å². The maximum atomic E-state index is 13.6. The zero-order valence-corrected chi connectivity index (χ0v) is 12.5. The molecule has 0 aromatic heterocycles. The third-order valence-electron chi connectivity index (χ3n) is 3.38. The third-order valence-corrected chi connectivity index (χ3v) is 6.01. The van der Waals surface area contributed by atoms with Gasteiger partial charge in [0.2, 0.25) is 10.0 Å². The fraction of sp³-hybridized carbons (Fsp3) is 0.500. The van der Waals surface area contributed by atoms with E-state index in [2.05, 4.69) is 4.72 Å². The SMILES string of the molecule is CSC1CCC(NS(=O)(=O)c2cc(N)c(F)cc2F)C1. The molecule has 1 aliphatic carbocycles. The topological polar surface area (TPSA) is 72.2 Å². The Morgan fingerprint density at radius 1 is 1.30 bits per heavy atom. The Labute approximate surface area is 121 Å². The van der Waals surface area contributed by atoms with Crippen LogP contribution in [0.15, 0.2) is 17.0 Å². The lowest BCUT2D eigenvalue weighted by atomic mass is 10.3. The van der Waals surface area contributed by atoms with Gasteiger partial charge in [-0.15, -0.1) is 0 Å². The molecule has 1 fully saturated rings. The zero-order chi connectivity index (χ0) is 14.9. The molecule has 2 atom stereocenters. The van der Waals surface area contributed by atoms with E-state index in [0.717, 1.165) is 12.5 Å². The second kappa shape index (κ2) is 5.87. The highest BCUT2D eigenvalue weighted by Gasteiger charge is 2.30. The molecule has 1 aromatic rings. The van der Waals surface area contributed by atoms with Gasteiger partial charge >= 0.3 is 0 Å². The van der Waals surface area contributed by atoms with Crippen LogP contribution in [0.5, 0.6) is 0 Å². The van der Waals surface area contributed by atoms with E-state index in [1.165, 1.54) is 0 Å². The first-order valence-corrected chi connectivity index (χ1v) is 8.90. The van der Waals surface area contributed by atoms with Gasteiger partial charge in [-0.05, 0) is 31.6 Å². The van der Waals surface area contributed by atoms with Crippen LogP contribution in [0.2, 0.25) is 0 Å². The molecule has 0 aliphatic heterocycles. The van der Waals surface area contributed by atoms with Crippen molar-refractivity contribution in [2.24, 2.45) is 0 Å². The molecule has 8 heteroatoms. The van der Waals surface area contributed by atoms with Gasteiger partial charge < -0.3 is 5.73 Å². The molecule has 1 aromatic carbocycles. The number of sulfonamides is 1. The lowest BCUT2D eigenvalue weighted by Crippen LogP contribution is -2.33. The first-order chi connectivity index (χ1) is 9.33. The largest absolute Gasteiger partial charge is 0.396 e. The number of halogens is 2. The number of nitrogens with two attached hydrogens (primary N) is 1. The summed E-state index contributed by atoms with van der Waals surface area (Å²) < 4.78 is 53.4. The Morgan fingerprint density at radius 3 is 2.60 bits per heavy atom. The Hall–Kier alpha value is -0.860. The van der Waals surface area contributed by atoms with Gasteiger partial charge in [-0.25, -0.2) is 21.9 Å². The van der Waals surface area contributed by atoms with Crippen molar-refractivity contribution in [3.63, 3.8) is 0 Å². The summed E-state index contributed by atoms with van der Waals surface area (Å²) in [6.07, 6.45) is 4.31. The van der Waals surface area contributed by atoms with Gasteiger partial charge in [-0.1, -0.05) is 0 Å². The molecule has 1 saturated carbocycles. The quantitative estimate of drug-likeness (QED) is 0.833. The van der Waals surface area contributed by atoms with E-state index in [1.54, 1.807) is 11.8 Å². The number of nitrogen functional groups attached to an aromatic ring is 1. The number of benzene rings is 1. The first kappa shape index (κ1) is 15.5. The Bertz CT molecular complexity index is 608. The van der Waals surface area contributed by atoms with Crippen LogP contribution in [0, 0.1) is 11.6 Å². The molecule has 2 unspecified atom stereocenters. The summed E-state index contributed by atoms with van der Waals surface area (Å²) in [4.78, 5) is -0.607. The van der Waals surface area contributed by atoms with Crippen molar-refractivity contribution in [1.29, 1.82) is 0 Å². The second-order valence-corrected chi connectivity index (χ2v) is 7.61. The van der Waals surface area contributed by atoms with Gasteiger partial charge in [0.1, 0.15) is 16.5 Å². The number of hydrogen-bond acceptors (Lipinski definition) is 4. The lowest BCUT2D eigenvalue weighted by Gasteiger charge is -2.14. The minimum absolute atomic E-state index is 0.219. The van der Waals surface area contributed by atoms with Crippen LogP contribution in [-0.2, 0) is 10.0 Å². The molecule has 3 N–H and O–H groups in total. The van der Waals surface area contributed by atoms with Crippen LogP contribution in [0.1, 0.15) is 19.3 Å². The molecular formula is C12H16F2N2O2S2. The molecule has 0 bridgehead atoms. The van der Waals surface area contributed by atoms with E-state index in [9.17, 15) is 17.2 Å². The van der Waals surface area contributed by atoms with Crippen LogP contribution < -0.4 is 10.5 Å². The van der Waals surface area contributed by atoms with Crippen LogP contribution in [0.25, 0.3) is 0 Å². The molecule has 0 amide bonds. The van der Waals surface area contributed by atoms with Crippen LogP contribution in [0.3, 0.4) is 0 Å². The molecule has 112 valence electrons. The highest BCUT2D eigenvalue weighted by molar-refractivity contribution is 7.99. The van der Waals surface area contributed by atoms with Crippen molar-refractivity contribution in [2.45, 2.75) is 35.4 Å². The van der Waals surface area contributed by atoms with Gasteiger partial charge in [0.15, 0.2) is 0 Å². The molecule has 0 spiro atoms. The fourth-order valence-corrected chi connectivity index (χ4v) is 4.47. The van der Waals surface area contributed by atoms with E-state index in [1.807, 2.05) is 6.26 Å². The van der Waals surface area contributed by atoms with Crippen molar-refractivity contribution >= 4 is 27.5 Å². The number of rotatable bonds is 4. The Kier molecular flexibility index (Phi) is 4.55. The summed E-state index contributed by atoms with van der Waals surface area (Å²) in [5, 5.41) is 0.408. The second-order valence-electron chi connectivity index (χ2n) is 4.79. The molecule has 0 heterocycles. The van der Waals surface area contributed by atoms with Crippen molar-refractivity contribution in [3.8, 4) is 0 Å². The van der Waals surface area contributed by atoms with Gasteiger partial charge in [0.25, 0.3) is 0 Å². The Morgan fingerprint density at radius 2 is 2.00 bits per heavy atom. The molecule has 4 nitrogen and oxygen atoms in total. The summed E-state index contributed by atoms with van der Waals surface area (Å²) >= 11 is 1.69. The average Bonchev–Trinajstić information content (AvgIpc) is 2.80. The van der Waals surface area contributed by atoms with E-state index >= 15 is 0 Å². The summed E-state index contributed by atoms with van der Waals surface area (Å²) in [7, 11) is -4.03. The summed E-state index contributed by atoms with van der Waals surface area (Å²) in [6, 6.07) is 1.08. The minimum atomic E-state index is -4.03. The molecule has 20 heavy (non-hydrogen) atoms. The first-order valence-electron chi connectivity index (χ1n) is 6.13. The van der Waals surface area contributed by atoms with E-state index in [0.29, 0.717) is 24.2 Å². The number of thioether (sulfide) groups is 1. The smallest absolute Gasteiger partial charge is 0.243 e. The minimum Gasteiger partial charge on any atom is -0.396 e. The normalized spacial score (nSPS) is 23.1. The van der Waals surface area contributed by atoms with Crippen molar-refractivity contribution < 1.29 is 17.2 Å². The maximum absolute atomic E-state index is 13.6.